The molecule has 0 fully saturated rings. The summed E-state index contributed by atoms with van der Waals surface area (Å²) in [5.41, 5.74) is 0.481. The molecule has 1 rings (SSSR count). The van der Waals surface area contributed by atoms with Gasteiger partial charge in [0.15, 0.2) is 0 Å². The molecule has 30 valence electrons. The first-order valence-corrected chi connectivity index (χ1v) is 1.68. The Kier molecular flexibility index (Phi) is 0.572. The van der Waals surface area contributed by atoms with Crippen molar-refractivity contribution < 1.29 is 0 Å². The summed E-state index contributed by atoms with van der Waals surface area (Å²) in [7, 11) is 0. The lowest BCUT2D eigenvalue weighted by Crippen LogP contribution is -1.82. The van der Waals surface area contributed by atoms with Gasteiger partial charge in [-0.1, -0.05) is 0 Å². The Morgan fingerprint density at radius 3 is 2.67 bits per heavy atom. The van der Waals surface area contributed by atoms with E-state index in [2.05, 4.69) is 4.99 Å². The highest BCUT2D eigenvalue weighted by atomic mass is 14.7. The Balaban J connectivity index is 2.86. The van der Waals surface area contributed by atoms with E-state index in [1.165, 1.54) is 6.21 Å². The van der Waals surface area contributed by atoms with E-state index in [1.54, 1.807) is 12.3 Å². The molecule has 6 heavy (non-hydrogen) atoms. The zero-order chi connectivity index (χ0) is 4.41. The lowest BCUT2D eigenvalue weighted by Gasteiger charge is -1.65. The Labute approximate surface area is 35.7 Å². The quantitative estimate of drug-likeness (QED) is 0.442. The molecule has 0 atom stereocenters. The van der Waals surface area contributed by atoms with Gasteiger partial charge in [-0.25, -0.2) is 0 Å². The van der Waals surface area contributed by atoms with Crippen LogP contribution in [0.25, 0.3) is 0 Å². The number of hydrogen-bond acceptors (Lipinski definition) is 2. The van der Waals surface area contributed by atoms with Gasteiger partial charge >= 0.3 is 0 Å². The van der Waals surface area contributed by atoms with Crippen molar-refractivity contribution in [3.05, 3.63) is 12.3 Å². The number of rotatable bonds is 0. The van der Waals surface area contributed by atoms with Crippen molar-refractivity contribution >= 4 is 11.9 Å². The average molecular weight is 80.1 g/mol. The van der Waals surface area contributed by atoms with Crippen LogP contribution in [0.4, 0.5) is 0 Å². The largest absolute Gasteiger partial charge is 0.299 e. The van der Waals surface area contributed by atoms with Gasteiger partial charge in [0.05, 0.1) is 11.9 Å². The minimum atomic E-state index is 0.481. The summed E-state index contributed by atoms with van der Waals surface area (Å²) in [6, 6.07) is 0. The predicted molar refractivity (Wildman–Crippen MR) is 25.4 cm³/mol. The van der Waals surface area contributed by atoms with Crippen LogP contribution in [0.5, 0.6) is 0 Å². The monoisotopic (exact) mass is 80.0 g/mol. The maximum atomic E-state index is 6.81. The number of nitrogens with zero attached hydrogens (tertiary/aromatic N) is 1. The van der Waals surface area contributed by atoms with Gasteiger partial charge in [-0.15, -0.1) is 0 Å². The zero-order valence-electron chi connectivity index (χ0n) is 3.18. The van der Waals surface area contributed by atoms with Crippen molar-refractivity contribution in [1.82, 2.24) is 0 Å². The van der Waals surface area contributed by atoms with Crippen LogP contribution in [-0.2, 0) is 0 Å². The molecule has 0 aliphatic carbocycles. The average Bonchev–Trinajstić information content (AvgIpc) is 1.86. The van der Waals surface area contributed by atoms with Crippen LogP contribution in [0.1, 0.15) is 0 Å². The fourth-order valence-electron chi connectivity index (χ4n) is 0.290. The maximum absolute atomic E-state index is 6.81. The molecular formula is C4H4N2. The van der Waals surface area contributed by atoms with Crippen molar-refractivity contribution in [3.8, 4) is 0 Å². The molecule has 0 radical (unpaired) electrons. The molecule has 0 aromatic rings. The molecule has 2 nitrogen and oxygen atoms in total. The highest BCUT2D eigenvalue weighted by Gasteiger charge is 1.85. The van der Waals surface area contributed by atoms with E-state index < -0.39 is 0 Å². The first-order chi connectivity index (χ1) is 2.89. The second-order valence-corrected chi connectivity index (χ2v) is 1.05. The second-order valence-electron chi connectivity index (χ2n) is 1.05. The fourth-order valence-corrected chi connectivity index (χ4v) is 0.290. The zero-order valence-corrected chi connectivity index (χ0v) is 3.18. The molecule has 1 aliphatic rings. The highest BCUT2D eigenvalue weighted by Crippen LogP contribution is 1.83. The SMILES string of the molecule is N=C1C=CN=C1. The van der Waals surface area contributed by atoms with Crippen LogP contribution >= 0.6 is 0 Å². The molecule has 0 amide bonds. The van der Waals surface area contributed by atoms with Crippen molar-refractivity contribution in [3.63, 3.8) is 0 Å². The molecule has 0 unspecified atom stereocenters. The van der Waals surface area contributed by atoms with Gasteiger partial charge in [0, 0.05) is 6.20 Å². The summed E-state index contributed by atoms with van der Waals surface area (Å²) in [6.45, 7) is 0. The lowest BCUT2D eigenvalue weighted by atomic mass is 10.4. The van der Waals surface area contributed by atoms with Crippen LogP contribution in [-0.4, -0.2) is 11.9 Å². The van der Waals surface area contributed by atoms with Gasteiger partial charge in [-0.2, -0.15) is 0 Å². The van der Waals surface area contributed by atoms with Gasteiger partial charge in [0.25, 0.3) is 0 Å². The molecule has 1 aliphatic heterocycles. The summed E-state index contributed by atoms with van der Waals surface area (Å²) in [6.07, 6.45) is 4.74. The van der Waals surface area contributed by atoms with Gasteiger partial charge in [-0.05, 0) is 6.08 Å². The van der Waals surface area contributed by atoms with Crippen molar-refractivity contribution in [2.75, 3.05) is 0 Å². The van der Waals surface area contributed by atoms with E-state index >= 15 is 0 Å². The van der Waals surface area contributed by atoms with Crippen LogP contribution in [0.2, 0.25) is 0 Å². The smallest absolute Gasteiger partial charge is 0.0737 e. The topological polar surface area (TPSA) is 36.2 Å². The summed E-state index contributed by atoms with van der Waals surface area (Å²) >= 11 is 0. The number of nitrogens with one attached hydrogen (secondary N) is 1. The first-order valence-electron chi connectivity index (χ1n) is 1.68. The minimum Gasteiger partial charge on any atom is -0.299 e. The molecule has 1 N–H and O–H groups in total. The number of hydrogen-bond donors (Lipinski definition) is 1. The normalized spacial score (nSPS) is 17.0. The Hall–Kier alpha value is -0.920. The third kappa shape index (κ3) is 0.360. The summed E-state index contributed by atoms with van der Waals surface area (Å²) in [5.74, 6) is 0. The molecule has 0 spiro atoms. The van der Waals surface area contributed by atoms with Crippen molar-refractivity contribution in [1.29, 1.82) is 5.41 Å². The molecule has 0 bridgehead atoms. The van der Waals surface area contributed by atoms with Crippen LogP contribution in [0.15, 0.2) is 17.3 Å². The molecule has 0 saturated heterocycles. The molecule has 0 aromatic carbocycles. The molecule has 0 saturated carbocycles. The second kappa shape index (κ2) is 1.05. The minimum absolute atomic E-state index is 0.481. The number of aliphatic imine (C=N–C) groups is 1. The summed E-state index contributed by atoms with van der Waals surface area (Å²) < 4.78 is 0. The third-order valence-corrected chi connectivity index (χ3v) is 0.554. The molecule has 2 heteroatoms. The van der Waals surface area contributed by atoms with Gasteiger partial charge in [0.1, 0.15) is 0 Å². The van der Waals surface area contributed by atoms with Crippen molar-refractivity contribution in [2.24, 2.45) is 4.99 Å². The van der Waals surface area contributed by atoms with E-state index in [4.69, 9.17) is 5.41 Å². The summed E-state index contributed by atoms with van der Waals surface area (Å²) in [4.78, 5) is 3.63. The van der Waals surface area contributed by atoms with Gasteiger partial charge in [0.2, 0.25) is 0 Å². The highest BCUT2D eigenvalue weighted by molar-refractivity contribution is 6.36. The number of allylic oxidation sites excluding steroid dienone is 1. The van der Waals surface area contributed by atoms with Gasteiger partial charge < -0.3 is 0 Å². The van der Waals surface area contributed by atoms with Crippen LogP contribution in [0.3, 0.4) is 0 Å². The maximum Gasteiger partial charge on any atom is 0.0737 e. The fraction of sp³-hybridized carbons (Fsp3) is 0. The standard InChI is InChI=1S/C4H4N2/c5-4-1-2-6-3-4/h1-3,5H. The van der Waals surface area contributed by atoms with Crippen molar-refractivity contribution in [2.45, 2.75) is 0 Å². The van der Waals surface area contributed by atoms with E-state index in [-0.39, 0.29) is 0 Å². The molecule has 1 heterocycles. The lowest BCUT2D eigenvalue weighted by molar-refractivity contribution is 1.56. The Bertz CT molecular complexity index is 108. The Morgan fingerprint density at radius 2 is 2.50 bits per heavy atom. The van der Waals surface area contributed by atoms with E-state index in [0.717, 1.165) is 0 Å². The van der Waals surface area contributed by atoms with Crippen LogP contribution in [0, 0.1) is 5.41 Å². The third-order valence-electron chi connectivity index (χ3n) is 0.554. The predicted octanol–water partition coefficient (Wildman–Crippen LogP) is 0.604. The van der Waals surface area contributed by atoms with E-state index in [9.17, 15) is 0 Å². The molecular weight excluding hydrogens is 76.1 g/mol. The van der Waals surface area contributed by atoms with E-state index in [0.29, 0.717) is 5.71 Å². The molecule has 0 aromatic heterocycles. The van der Waals surface area contributed by atoms with E-state index in [1.807, 2.05) is 0 Å². The van der Waals surface area contributed by atoms with Crippen LogP contribution < -0.4 is 0 Å². The Morgan fingerprint density at radius 1 is 1.67 bits per heavy atom. The first kappa shape index (κ1) is 3.28. The summed E-state index contributed by atoms with van der Waals surface area (Å²) in [5, 5.41) is 6.81. The van der Waals surface area contributed by atoms with Gasteiger partial charge in [-0.3, -0.25) is 10.4 Å².